The Labute approximate surface area is 194 Å². The molecular formula is C26H30N4O3. The number of ether oxygens (including phenoxy) is 3. The molecule has 0 spiro atoms. The molecule has 0 aliphatic carbocycles. The Bertz CT molecular complexity index is 1270. The van der Waals surface area contributed by atoms with Crippen LogP contribution in [0.3, 0.4) is 0 Å². The molecule has 0 aliphatic rings. The second kappa shape index (κ2) is 9.92. The van der Waals surface area contributed by atoms with E-state index in [0.29, 0.717) is 18.0 Å². The van der Waals surface area contributed by atoms with Crippen molar-refractivity contribution < 1.29 is 14.2 Å². The Morgan fingerprint density at radius 2 is 1.70 bits per heavy atom. The van der Waals surface area contributed by atoms with Gasteiger partial charge in [0.15, 0.2) is 11.5 Å². The van der Waals surface area contributed by atoms with E-state index in [2.05, 4.69) is 29.5 Å². The summed E-state index contributed by atoms with van der Waals surface area (Å²) in [7, 11) is 4.94. The van der Waals surface area contributed by atoms with Gasteiger partial charge in [0.05, 0.1) is 44.8 Å². The van der Waals surface area contributed by atoms with Crippen LogP contribution in [0.4, 0.5) is 0 Å². The van der Waals surface area contributed by atoms with Crippen molar-refractivity contribution in [2.24, 2.45) is 0 Å². The van der Waals surface area contributed by atoms with Crippen molar-refractivity contribution in [2.45, 2.75) is 26.9 Å². The van der Waals surface area contributed by atoms with Crippen LogP contribution < -0.4 is 19.5 Å². The predicted molar refractivity (Wildman–Crippen MR) is 130 cm³/mol. The van der Waals surface area contributed by atoms with Crippen LogP contribution in [0.1, 0.15) is 17.0 Å². The quantitative estimate of drug-likeness (QED) is 0.381. The summed E-state index contributed by atoms with van der Waals surface area (Å²) in [6.45, 7) is 6.38. The van der Waals surface area contributed by atoms with E-state index < -0.39 is 0 Å². The number of hydrogen-bond acceptors (Lipinski definition) is 6. The van der Waals surface area contributed by atoms with Gasteiger partial charge < -0.3 is 19.5 Å². The van der Waals surface area contributed by atoms with Crippen LogP contribution in [0.25, 0.3) is 22.2 Å². The average molecular weight is 447 g/mol. The minimum absolute atomic E-state index is 0.672. The van der Waals surface area contributed by atoms with Gasteiger partial charge >= 0.3 is 0 Å². The summed E-state index contributed by atoms with van der Waals surface area (Å²) in [6, 6.07) is 16.1. The van der Waals surface area contributed by atoms with Gasteiger partial charge in [-0.2, -0.15) is 5.10 Å². The van der Waals surface area contributed by atoms with Gasteiger partial charge in [-0.15, -0.1) is 0 Å². The lowest BCUT2D eigenvalue weighted by atomic mass is 10.0. The van der Waals surface area contributed by atoms with Crippen LogP contribution in [0.5, 0.6) is 17.2 Å². The van der Waals surface area contributed by atoms with E-state index >= 15 is 0 Å². The average Bonchev–Trinajstić information content (AvgIpc) is 3.16. The normalized spacial score (nSPS) is 11.1. The van der Waals surface area contributed by atoms with Gasteiger partial charge in [0.1, 0.15) is 5.75 Å². The molecule has 33 heavy (non-hydrogen) atoms. The van der Waals surface area contributed by atoms with Crippen LogP contribution in [0.2, 0.25) is 0 Å². The number of aryl methyl sites for hydroxylation is 2. The molecule has 0 radical (unpaired) electrons. The van der Waals surface area contributed by atoms with E-state index in [1.54, 1.807) is 21.3 Å². The van der Waals surface area contributed by atoms with Crippen molar-refractivity contribution in [2.75, 3.05) is 27.9 Å². The topological polar surface area (TPSA) is 70.4 Å². The molecule has 0 aliphatic heterocycles. The van der Waals surface area contributed by atoms with Crippen LogP contribution in [0, 0.1) is 13.8 Å². The summed E-state index contributed by atoms with van der Waals surface area (Å²) in [5, 5.41) is 9.16. The number of hydrogen-bond donors (Lipinski definition) is 1. The zero-order valence-corrected chi connectivity index (χ0v) is 19.8. The van der Waals surface area contributed by atoms with Gasteiger partial charge in [-0.05, 0) is 61.9 Å². The molecular weight excluding hydrogens is 416 g/mol. The molecule has 0 unspecified atom stereocenters. The van der Waals surface area contributed by atoms with E-state index in [4.69, 9.17) is 19.2 Å². The fraction of sp³-hybridized carbons (Fsp3) is 0.308. The Balaban J connectivity index is 1.65. The fourth-order valence-corrected chi connectivity index (χ4v) is 4.00. The van der Waals surface area contributed by atoms with E-state index in [9.17, 15) is 0 Å². The molecule has 0 saturated carbocycles. The van der Waals surface area contributed by atoms with E-state index in [0.717, 1.165) is 52.3 Å². The minimum Gasteiger partial charge on any atom is -0.497 e. The van der Waals surface area contributed by atoms with Crippen molar-refractivity contribution in [3.63, 3.8) is 0 Å². The smallest absolute Gasteiger partial charge is 0.161 e. The molecule has 2 aromatic carbocycles. The highest BCUT2D eigenvalue weighted by atomic mass is 16.5. The Hall–Kier alpha value is -3.58. The molecule has 1 N–H and O–H groups in total. The first-order chi connectivity index (χ1) is 16.0. The lowest BCUT2D eigenvalue weighted by molar-refractivity contribution is 0.355. The predicted octanol–water partition coefficient (Wildman–Crippen LogP) is 4.53. The first-order valence-corrected chi connectivity index (χ1v) is 10.9. The van der Waals surface area contributed by atoms with E-state index in [-0.39, 0.29) is 0 Å². The lowest BCUT2D eigenvalue weighted by Gasteiger charge is -2.15. The molecule has 2 aromatic heterocycles. The molecule has 4 aromatic rings. The zero-order chi connectivity index (χ0) is 23.4. The van der Waals surface area contributed by atoms with Gasteiger partial charge in [-0.1, -0.05) is 0 Å². The van der Waals surface area contributed by atoms with Gasteiger partial charge in [0, 0.05) is 35.8 Å². The second-order valence-electron chi connectivity index (χ2n) is 7.95. The summed E-state index contributed by atoms with van der Waals surface area (Å²) in [6.07, 6.45) is 0. The zero-order valence-electron chi connectivity index (χ0n) is 19.8. The van der Waals surface area contributed by atoms with E-state index in [1.807, 2.05) is 48.0 Å². The number of pyridine rings is 1. The standard InChI is InChI=1S/C26H30N4O3/c1-17-12-18(2)30(29-17)11-10-27-16-21-13-19-6-8-22(31-3)15-23(19)28-26(21)20-7-9-24(32-4)25(14-20)33-5/h6-9,12-15,27H,10-11,16H2,1-5H3. The lowest BCUT2D eigenvalue weighted by Crippen LogP contribution is -2.21. The summed E-state index contributed by atoms with van der Waals surface area (Å²) in [4.78, 5) is 5.01. The molecule has 2 heterocycles. The Kier molecular flexibility index (Phi) is 6.79. The summed E-state index contributed by atoms with van der Waals surface area (Å²) in [5.74, 6) is 2.14. The molecule has 0 bridgehead atoms. The van der Waals surface area contributed by atoms with Crippen LogP contribution in [-0.4, -0.2) is 42.6 Å². The number of fused-ring (bicyclic) bond motifs is 1. The van der Waals surface area contributed by atoms with Crippen LogP contribution in [0.15, 0.2) is 48.5 Å². The van der Waals surface area contributed by atoms with Gasteiger partial charge in [0.25, 0.3) is 0 Å². The molecule has 0 amide bonds. The van der Waals surface area contributed by atoms with Crippen LogP contribution in [-0.2, 0) is 13.1 Å². The molecule has 0 fully saturated rings. The largest absolute Gasteiger partial charge is 0.497 e. The number of nitrogens with zero attached hydrogens (tertiary/aromatic N) is 3. The maximum atomic E-state index is 5.52. The molecule has 7 heteroatoms. The molecule has 0 atom stereocenters. The van der Waals surface area contributed by atoms with Gasteiger partial charge in [-0.25, -0.2) is 4.98 Å². The highest BCUT2D eigenvalue weighted by molar-refractivity contribution is 5.85. The summed E-state index contributed by atoms with van der Waals surface area (Å²) in [5.41, 5.74) is 6.06. The maximum absolute atomic E-state index is 5.52. The number of nitrogens with one attached hydrogen (secondary N) is 1. The van der Waals surface area contributed by atoms with Crippen molar-refractivity contribution >= 4 is 10.9 Å². The third-order valence-electron chi connectivity index (χ3n) is 5.68. The fourth-order valence-electron chi connectivity index (χ4n) is 4.00. The highest BCUT2D eigenvalue weighted by Crippen LogP contribution is 2.34. The molecule has 4 rings (SSSR count). The van der Waals surface area contributed by atoms with Crippen LogP contribution >= 0.6 is 0 Å². The maximum Gasteiger partial charge on any atom is 0.161 e. The van der Waals surface area contributed by atoms with Crippen molar-refractivity contribution in [1.29, 1.82) is 0 Å². The third-order valence-corrected chi connectivity index (χ3v) is 5.68. The first kappa shape index (κ1) is 22.6. The molecule has 172 valence electrons. The number of benzene rings is 2. The number of rotatable bonds is 9. The van der Waals surface area contributed by atoms with Crippen molar-refractivity contribution in [1.82, 2.24) is 20.1 Å². The summed E-state index contributed by atoms with van der Waals surface area (Å²) >= 11 is 0. The molecule has 0 saturated heterocycles. The third kappa shape index (κ3) is 4.93. The Morgan fingerprint density at radius 3 is 2.39 bits per heavy atom. The summed E-state index contributed by atoms with van der Waals surface area (Å²) < 4.78 is 18.4. The highest BCUT2D eigenvalue weighted by Gasteiger charge is 2.13. The second-order valence-corrected chi connectivity index (χ2v) is 7.95. The van der Waals surface area contributed by atoms with E-state index in [1.165, 1.54) is 5.69 Å². The first-order valence-electron chi connectivity index (χ1n) is 10.9. The Morgan fingerprint density at radius 1 is 0.879 bits per heavy atom. The number of methoxy groups -OCH3 is 3. The van der Waals surface area contributed by atoms with Gasteiger partial charge in [-0.3, -0.25) is 4.68 Å². The van der Waals surface area contributed by atoms with Gasteiger partial charge in [0.2, 0.25) is 0 Å². The monoisotopic (exact) mass is 446 g/mol. The minimum atomic E-state index is 0.672. The SMILES string of the molecule is COc1ccc2cc(CNCCn3nc(C)cc3C)c(-c3ccc(OC)c(OC)c3)nc2c1. The van der Waals surface area contributed by atoms with Crippen molar-refractivity contribution in [3.8, 4) is 28.5 Å². The molecule has 7 nitrogen and oxygen atoms in total. The van der Waals surface area contributed by atoms with Crippen molar-refractivity contribution in [3.05, 3.63) is 65.5 Å². The number of aromatic nitrogens is 3.